The second-order valence-electron chi connectivity index (χ2n) is 7.59. The first-order chi connectivity index (χ1) is 15.8. The predicted octanol–water partition coefficient (Wildman–Crippen LogP) is 3.57. The number of urea groups is 1. The lowest BCUT2D eigenvalue weighted by atomic mass is 9.91. The minimum absolute atomic E-state index is 0.0377. The standard InChI is InChI=1S/C24H26ClFN2O5/c1-15-11-20(25)22(33-10-8-29)13-17(15)12-21(30)19-14-28(7-9-32-2)24(31)27-23(19)16-3-5-18(26)6-4-16/h3-6,11,13-14,23,29H,7-10,12H2,1-2H3,(H,27,31)/t23-/m0/s1. The van der Waals surface area contributed by atoms with Crippen LogP contribution in [0.1, 0.15) is 22.7 Å². The molecular weight excluding hydrogens is 451 g/mol. The maximum absolute atomic E-state index is 13.4. The van der Waals surface area contributed by atoms with Crippen molar-refractivity contribution in [3.05, 3.63) is 75.7 Å². The third-order valence-electron chi connectivity index (χ3n) is 5.29. The highest BCUT2D eigenvalue weighted by Gasteiger charge is 2.31. The van der Waals surface area contributed by atoms with Gasteiger partial charge >= 0.3 is 6.03 Å². The third kappa shape index (κ3) is 6.10. The molecule has 0 saturated heterocycles. The van der Waals surface area contributed by atoms with Crippen LogP contribution in [0.3, 0.4) is 0 Å². The number of halogens is 2. The Hall–Kier alpha value is -2.94. The lowest BCUT2D eigenvalue weighted by molar-refractivity contribution is -0.115. The van der Waals surface area contributed by atoms with E-state index in [0.29, 0.717) is 34.1 Å². The first-order valence-corrected chi connectivity index (χ1v) is 10.8. The molecule has 0 radical (unpaired) electrons. The molecule has 1 aliphatic rings. The highest BCUT2D eigenvalue weighted by Crippen LogP contribution is 2.31. The highest BCUT2D eigenvalue weighted by molar-refractivity contribution is 6.32. The van der Waals surface area contributed by atoms with Crippen LogP contribution in [-0.4, -0.2) is 55.3 Å². The SMILES string of the molecule is COCCN1C=C(C(=O)Cc2cc(OCCO)c(Cl)cc2C)[C@H](c2ccc(F)cc2)NC1=O. The van der Waals surface area contributed by atoms with Crippen molar-refractivity contribution in [3.8, 4) is 5.75 Å². The van der Waals surface area contributed by atoms with Gasteiger partial charge in [-0.05, 0) is 47.9 Å². The van der Waals surface area contributed by atoms with Gasteiger partial charge in [0.2, 0.25) is 0 Å². The molecule has 1 heterocycles. The van der Waals surface area contributed by atoms with Crippen LogP contribution in [0.5, 0.6) is 5.75 Å². The van der Waals surface area contributed by atoms with Gasteiger partial charge in [-0.2, -0.15) is 0 Å². The number of ketones is 1. The number of benzene rings is 2. The van der Waals surface area contributed by atoms with Gasteiger partial charge in [-0.15, -0.1) is 0 Å². The van der Waals surface area contributed by atoms with E-state index >= 15 is 0 Å². The molecule has 2 amide bonds. The molecule has 1 aliphatic heterocycles. The Bertz CT molecular complexity index is 1040. The number of aliphatic hydroxyl groups is 1. The van der Waals surface area contributed by atoms with E-state index in [-0.39, 0.29) is 38.0 Å². The summed E-state index contributed by atoms with van der Waals surface area (Å²) in [6.07, 6.45) is 1.57. The van der Waals surface area contributed by atoms with E-state index in [2.05, 4.69) is 5.32 Å². The number of amides is 2. The zero-order chi connectivity index (χ0) is 24.0. The quantitative estimate of drug-likeness (QED) is 0.547. The van der Waals surface area contributed by atoms with Gasteiger partial charge in [0.1, 0.15) is 18.2 Å². The van der Waals surface area contributed by atoms with Gasteiger partial charge in [0.25, 0.3) is 0 Å². The number of methoxy groups -OCH3 is 1. The summed E-state index contributed by atoms with van der Waals surface area (Å²) in [5.74, 6) is -0.251. The Labute approximate surface area is 196 Å². The number of hydrogen-bond acceptors (Lipinski definition) is 5. The van der Waals surface area contributed by atoms with Crippen LogP contribution in [0.4, 0.5) is 9.18 Å². The summed E-state index contributed by atoms with van der Waals surface area (Å²) in [6, 6.07) is 7.95. The molecule has 3 rings (SSSR count). The van der Waals surface area contributed by atoms with Crippen LogP contribution in [0.15, 0.2) is 48.2 Å². The van der Waals surface area contributed by atoms with Crippen molar-refractivity contribution in [2.24, 2.45) is 0 Å². The van der Waals surface area contributed by atoms with Crippen molar-refractivity contribution in [1.82, 2.24) is 10.2 Å². The number of ether oxygens (including phenoxy) is 2. The van der Waals surface area contributed by atoms with Gasteiger partial charge in [0, 0.05) is 25.3 Å². The Morgan fingerprint density at radius 1 is 1.24 bits per heavy atom. The van der Waals surface area contributed by atoms with Gasteiger partial charge in [-0.25, -0.2) is 9.18 Å². The molecule has 2 aromatic carbocycles. The molecular formula is C24H26ClFN2O5. The fourth-order valence-corrected chi connectivity index (χ4v) is 3.79. The summed E-state index contributed by atoms with van der Waals surface area (Å²) in [7, 11) is 1.53. The minimum Gasteiger partial charge on any atom is -0.490 e. The van der Waals surface area contributed by atoms with E-state index in [1.165, 1.54) is 30.3 Å². The van der Waals surface area contributed by atoms with Gasteiger partial charge in [0.15, 0.2) is 5.78 Å². The summed E-state index contributed by atoms with van der Waals surface area (Å²) in [5, 5.41) is 12.2. The van der Waals surface area contributed by atoms with Gasteiger partial charge < -0.3 is 19.9 Å². The van der Waals surface area contributed by atoms with Crippen LogP contribution < -0.4 is 10.1 Å². The van der Waals surface area contributed by atoms with Crippen molar-refractivity contribution in [2.75, 3.05) is 33.5 Å². The van der Waals surface area contributed by atoms with Crippen molar-refractivity contribution in [3.63, 3.8) is 0 Å². The number of carbonyl (C=O) groups excluding carboxylic acids is 2. The molecule has 176 valence electrons. The number of aliphatic hydroxyl groups excluding tert-OH is 1. The van der Waals surface area contributed by atoms with E-state index in [9.17, 15) is 14.0 Å². The second-order valence-corrected chi connectivity index (χ2v) is 7.99. The predicted molar refractivity (Wildman–Crippen MR) is 122 cm³/mol. The monoisotopic (exact) mass is 476 g/mol. The van der Waals surface area contributed by atoms with Crippen molar-refractivity contribution >= 4 is 23.4 Å². The first kappa shape index (κ1) is 24.7. The average Bonchev–Trinajstić information content (AvgIpc) is 2.79. The Morgan fingerprint density at radius 2 is 1.97 bits per heavy atom. The zero-order valence-electron chi connectivity index (χ0n) is 18.4. The number of carbonyl (C=O) groups is 2. The number of aryl methyl sites for hydroxylation is 1. The normalized spacial score (nSPS) is 15.8. The summed E-state index contributed by atoms with van der Waals surface area (Å²) < 4.78 is 24.0. The molecule has 2 aromatic rings. The number of hydrogen-bond donors (Lipinski definition) is 2. The molecule has 0 fully saturated rings. The molecule has 1 atom stereocenters. The third-order valence-corrected chi connectivity index (χ3v) is 5.58. The number of nitrogens with zero attached hydrogens (tertiary/aromatic N) is 1. The lowest BCUT2D eigenvalue weighted by Crippen LogP contribution is -2.46. The summed E-state index contributed by atoms with van der Waals surface area (Å²) >= 11 is 6.22. The summed E-state index contributed by atoms with van der Waals surface area (Å²) in [5.41, 5.74) is 2.47. The second kappa shape index (κ2) is 11.3. The lowest BCUT2D eigenvalue weighted by Gasteiger charge is -2.32. The van der Waals surface area contributed by atoms with Gasteiger partial charge in [0.05, 0.1) is 30.8 Å². The van der Waals surface area contributed by atoms with Crippen molar-refractivity contribution in [2.45, 2.75) is 19.4 Å². The summed E-state index contributed by atoms with van der Waals surface area (Å²) in [6.45, 7) is 2.32. The number of rotatable bonds is 10. The van der Waals surface area contributed by atoms with Crippen LogP contribution in [0.25, 0.3) is 0 Å². The summed E-state index contributed by atoms with van der Waals surface area (Å²) in [4.78, 5) is 27.4. The fourth-order valence-electron chi connectivity index (χ4n) is 3.52. The average molecular weight is 477 g/mol. The zero-order valence-corrected chi connectivity index (χ0v) is 19.2. The molecule has 2 N–H and O–H groups in total. The molecule has 0 spiro atoms. The molecule has 0 aliphatic carbocycles. The molecule has 7 nitrogen and oxygen atoms in total. The largest absolute Gasteiger partial charge is 0.490 e. The van der Waals surface area contributed by atoms with E-state index < -0.39 is 11.9 Å². The molecule has 0 saturated carbocycles. The van der Waals surface area contributed by atoms with Crippen LogP contribution in [-0.2, 0) is 16.0 Å². The van der Waals surface area contributed by atoms with E-state index in [1.807, 2.05) is 6.92 Å². The number of nitrogens with one attached hydrogen (secondary N) is 1. The minimum atomic E-state index is -0.720. The van der Waals surface area contributed by atoms with Crippen LogP contribution >= 0.6 is 11.6 Å². The molecule has 9 heteroatoms. The topological polar surface area (TPSA) is 88.1 Å². The van der Waals surface area contributed by atoms with Crippen LogP contribution in [0.2, 0.25) is 5.02 Å². The Kier molecular flexibility index (Phi) is 8.43. The van der Waals surface area contributed by atoms with Crippen LogP contribution in [0, 0.1) is 12.7 Å². The van der Waals surface area contributed by atoms with Crippen molar-refractivity contribution < 1.29 is 28.6 Å². The van der Waals surface area contributed by atoms with Gasteiger partial charge in [-0.1, -0.05) is 23.7 Å². The molecule has 0 unspecified atom stereocenters. The van der Waals surface area contributed by atoms with E-state index in [4.69, 9.17) is 26.2 Å². The molecule has 0 bridgehead atoms. The smallest absolute Gasteiger partial charge is 0.322 e. The van der Waals surface area contributed by atoms with Crippen molar-refractivity contribution in [1.29, 1.82) is 0 Å². The molecule has 33 heavy (non-hydrogen) atoms. The fraction of sp³-hybridized carbons (Fsp3) is 0.333. The number of Topliss-reactive ketones (excluding diaryl/α,β-unsaturated/α-hetero) is 1. The maximum Gasteiger partial charge on any atom is 0.322 e. The molecule has 0 aromatic heterocycles. The van der Waals surface area contributed by atoms with Gasteiger partial charge in [-0.3, -0.25) is 9.69 Å². The highest BCUT2D eigenvalue weighted by atomic mass is 35.5. The first-order valence-electron chi connectivity index (χ1n) is 10.4. The van der Waals surface area contributed by atoms with E-state index in [1.54, 1.807) is 24.3 Å². The Balaban J connectivity index is 1.93. The maximum atomic E-state index is 13.4. The Morgan fingerprint density at radius 3 is 2.64 bits per heavy atom. The van der Waals surface area contributed by atoms with E-state index in [0.717, 1.165) is 5.56 Å².